The van der Waals surface area contributed by atoms with Crippen LogP contribution in [0.15, 0.2) is 30.7 Å². The number of pyridine rings is 1. The topological polar surface area (TPSA) is 42.7 Å². The third-order valence-corrected chi connectivity index (χ3v) is 3.73. The van der Waals surface area contributed by atoms with Crippen molar-refractivity contribution >= 4 is 5.95 Å². The predicted molar refractivity (Wildman–Crippen MR) is 76.2 cm³/mol. The molecule has 0 bridgehead atoms. The van der Waals surface area contributed by atoms with Crippen LogP contribution in [0.5, 0.6) is 0 Å². The van der Waals surface area contributed by atoms with Gasteiger partial charge in [0.05, 0.1) is 6.54 Å². The average molecular weight is 256 g/mol. The molecule has 2 heterocycles. The minimum absolute atomic E-state index is 0.595. The lowest BCUT2D eigenvalue weighted by Crippen LogP contribution is -2.18. The van der Waals surface area contributed by atoms with Crippen molar-refractivity contribution in [3.8, 4) is 0 Å². The molecule has 0 aliphatic heterocycles. The molecule has 0 spiro atoms. The van der Waals surface area contributed by atoms with Gasteiger partial charge >= 0.3 is 0 Å². The molecule has 0 unspecified atom stereocenters. The van der Waals surface area contributed by atoms with E-state index in [1.165, 1.54) is 31.2 Å². The molecule has 2 aromatic heterocycles. The summed E-state index contributed by atoms with van der Waals surface area (Å²) in [7, 11) is 0. The van der Waals surface area contributed by atoms with Gasteiger partial charge in [0.2, 0.25) is 5.95 Å². The summed E-state index contributed by atoms with van der Waals surface area (Å²) < 4.78 is 2.16. The van der Waals surface area contributed by atoms with Crippen molar-refractivity contribution in [3.05, 3.63) is 42.0 Å². The second-order valence-electron chi connectivity index (χ2n) is 5.31. The van der Waals surface area contributed by atoms with Crippen LogP contribution >= 0.6 is 0 Å². The number of hydrogen-bond acceptors (Lipinski definition) is 3. The lowest BCUT2D eigenvalue weighted by Gasteiger charge is -2.14. The third-order valence-electron chi connectivity index (χ3n) is 3.73. The Balaban J connectivity index is 1.70. The van der Waals surface area contributed by atoms with E-state index in [2.05, 4.69) is 32.0 Å². The van der Waals surface area contributed by atoms with E-state index in [9.17, 15) is 0 Å². The van der Waals surface area contributed by atoms with E-state index in [1.807, 2.05) is 25.5 Å². The molecule has 0 aromatic carbocycles. The number of anilines is 1. The van der Waals surface area contributed by atoms with Gasteiger partial charge in [-0.25, -0.2) is 4.98 Å². The van der Waals surface area contributed by atoms with E-state index in [-0.39, 0.29) is 0 Å². The summed E-state index contributed by atoms with van der Waals surface area (Å²) in [5, 5.41) is 3.55. The molecule has 4 heteroatoms. The van der Waals surface area contributed by atoms with Gasteiger partial charge in [-0.1, -0.05) is 18.9 Å². The van der Waals surface area contributed by atoms with Crippen LogP contribution in [-0.4, -0.2) is 20.6 Å². The average Bonchev–Trinajstić information content (AvgIpc) is 3.06. The molecule has 0 atom stereocenters. The molecule has 3 rings (SSSR count). The van der Waals surface area contributed by atoms with Crippen LogP contribution < -0.4 is 5.32 Å². The maximum atomic E-state index is 4.42. The molecule has 2 aromatic rings. The maximum Gasteiger partial charge on any atom is 0.203 e. The molecule has 0 saturated heterocycles. The van der Waals surface area contributed by atoms with Gasteiger partial charge in [-0.15, -0.1) is 0 Å². The highest BCUT2D eigenvalue weighted by Crippen LogP contribution is 2.21. The zero-order valence-corrected chi connectivity index (χ0v) is 11.3. The van der Waals surface area contributed by atoms with Crippen molar-refractivity contribution in [1.29, 1.82) is 0 Å². The molecular weight excluding hydrogens is 236 g/mol. The van der Waals surface area contributed by atoms with E-state index in [0.29, 0.717) is 6.04 Å². The van der Waals surface area contributed by atoms with Crippen LogP contribution in [0.3, 0.4) is 0 Å². The molecule has 0 radical (unpaired) electrons. The lowest BCUT2D eigenvalue weighted by molar-refractivity contribution is 0.715. The second kappa shape index (κ2) is 5.43. The molecule has 1 N–H and O–H groups in total. The van der Waals surface area contributed by atoms with E-state index < -0.39 is 0 Å². The number of aromatic nitrogens is 3. The number of nitrogens with zero attached hydrogens (tertiary/aromatic N) is 3. The summed E-state index contributed by atoms with van der Waals surface area (Å²) >= 11 is 0. The van der Waals surface area contributed by atoms with Gasteiger partial charge in [-0.2, -0.15) is 0 Å². The van der Waals surface area contributed by atoms with E-state index in [4.69, 9.17) is 0 Å². The molecule has 1 saturated carbocycles. The number of aryl methyl sites for hydroxylation is 1. The van der Waals surface area contributed by atoms with Crippen LogP contribution in [0.2, 0.25) is 0 Å². The zero-order valence-electron chi connectivity index (χ0n) is 11.3. The summed E-state index contributed by atoms with van der Waals surface area (Å²) in [6.45, 7) is 2.83. The smallest absolute Gasteiger partial charge is 0.203 e. The Bertz CT molecular complexity index is 523. The van der Waals surface area contributed by atoms with Crippen molar-refractivity contribution in [2.75, 3.05) is 5.32 Å². The van der Waals surface area contributed by atoms with Gasteiger partial charge in [-0.3, -0.25) is 4.98 Å². The molecule has 1 aliphatic rings. The number of hydrogen-bond donors (Lipinski definition) is 1. The van der Waals surface area contributed by atoms with E-state index in [1.54, 1.807) is 0 Å². The molecular formula is C15H20N4. The summed E-state index contributed by atoms with van der Waals surface area (Å²) in [6.07, 6.45) is 11.0. The Hall–Kier alpha value is -1.84. The van der Waals surface area contributed by atoms with Crippen molar-refractivity contribution in [3.63, 3.8) is 0 Å². The van der Waals surface area contributed by atoms with E-state index >= 15 is 0 Å². The number of nitrogens with one attached hydrogen (secondary N) is 1. The first-order valence-corrected chi connectivity index (χ1v) is 7.00. The molecule has 4 nitrogen and oxygen atoms in total. The highest BCUT2D eigenvalue weighted by atomic mass is 15.2. The minimum atomic E-state index is 0.595. The summed E-state index contributed by atoms with van der Waals surface area (Å²) in [5.74, 6) is 0.979. The molecule has 1 fully saturated rings. The Morgan fingerprint density at radius 1 is 1.26 bits per heavy atom. The monoisotopic (exact) mass is 256 g/mol. The second-order valence-corrected chi connectivity index (χ2v) is 5.31. The summed E-state index contributed by atoms with van der Waals surface area (Å²) in [4.78, 5) is 8.76. The number of rotatable bonds is 4. The first-order chi connectivity index (χ1) is 9.31. The van der Waals surface area contributed by atoms with Gasteiger partial charge in [0.15, 0.2) is 0 Å². The standard InChI is InChI=1S/C15H20N4/c1-12-6-7-13(10-17-12)11-19-9-8-16-15(19)18-14-4-2-3-5-14/h6-10,14H,2-5,11H2,1H3,(H,16,18). The van der Waals surface area contributed by atoms with Crippen molar-refractivity contribution in [1.82, 2.24) is 14.5 Å². The van der Waals surface area contributed by atoms with Gasteiger partial charge in [0.1, 0.15) is 0 Å². The fourth-order valence-electron chi connectivity index (χ4n) is 2.62. The molecule has 0 amide bonds. The Kier molecular flexibility index (Phi) is 3.49. The highest BCUT2D eigenvalue weighted by molar-refractivity contribution is 5.29. The van der Waals surface area contributed by atoms with Crippen LogP contribution in [0.25, 0.3) is 0 Å². The van der Waals surface area contributed by atoms with Gasteiger partial charge in [0, 0.05) is 30.3 Å². The Morgan fingerprint density at radius 3 is 2.84 bits per heavy atom. The van der Waals surface area contributed by atoms with Gasteiger partial charge in [-0.05, 0) is 31.4 Å². The molecule has 19 heavy (non-hydrogen) atoms. The first-order valence-electron chi connectivity index (χ1n) is 7.00. The zero-order chi connectivity index (χ0) is 13.1. The highest BCUT2D eigenvalue weighted by Gasteiger charge is 2.16. The Labute approximate surface area is 113 Å². The van der Waals surface area contributed by atoms with Gasteiger partial charge < -0.3 is 9.88 Å². The van der Waals surface area contributed by atoms with Crippen LogP contribution in [0.1, 0.15) is 36.9 Å². The lowest BCUT2D eigenvalue weighted by atomic mass is 10.2. The maximum absolute atomic E-state index is 4.42. The van der Waals surface area contributed by atoms with Crippen molar-refractivity contribution in [2.24, 2.45) is 0 Å². The molecule has 1 aliphatic carbocycles. The minimum Gasteiger partial charge on any atom is -0.353 e. The van der Waals surface area contributed by atoms with Crippen molar-refractivity contribution in [2.45, 2.75) is 45.2 Å². The number of imidazole rings is 1. The quantitative estimate of drug-likeness (QED) is 0.914. The van der Waals surface area contributed by atoms with Crippen molar-refractivity contribution < 1.29 is 0 Å². The third kappa shape index (κ3) is 2.95. The largest absolute Gasteiger partial charge is 0.353 e. The van der Waals surface area contributed by atoms with Crippen LogP contribution in [-0.2, 0) is 6.54 Å². The summed E-state index contributed by atoms with van der Waals surface area (Å²) in [5.41, 5.74) is 2.26. The van der Waals surface area contributed by atoms with E-state index in [0.717, 1.165) is 18.2 Å². The van der Waals surface area contributed by atoms with Gasteiger partial charge in [0.25, 0.3) is 0 Å². The van der Waals surface area contributed by atoms with Crippen LogP contribution in [0.4, 0.5) is 5.95 Å². The SMILES string of the molecule is Cc1ccc(Cn2ccnc2NC2CCCC2)cn1. The first kappa shape index (κ1) is 12.2. The predicted octanol–water partition coefficient (Wildman–Crippen LogP) is 2.99. The molecule has 100 valence electrons. The fourth-order valence-corrected chi connectivity index (χ4v) is 2.62. The fraction of sp³-hybridized carbons (Fsp3) is 0.467. The normalized spacial score (nSPS) is 15.8. The van der Waals surface area contributed by atoms with Crippen LogP contribution in [0, 0.1) is 6.92 Å². The summed E-state index contributed by atoms with van der Waals surface area (Å²) in [6, 6.07) is 4.77. The Morgan fingerprint density at radius 2 is 2.11 bits per heavy atom.